The van der Waals surface area contributed by atoms with Crippen LogP contribution >= 0.6 is 0 Å². The topological polar surface area (TPSA) is 99.8 Å². The molecule has 0 aromatic carbocycles. The first kappa shape index (κ1) is 12.9. The van der Waals surface area contributed by atoms with Crippen LogP contribution in [-0.2, 0) is 6.18 Å². The molecule has 0 saturated carbocycles. The number of carbonyl (C=O) groups excluding carboxylic acids is 1. The van der Waals surface area contributed by atoms with Crippen molar-refractivity contribution in [2.75, 3.05) is 5.73 Å². The first-order valence-corrected chi connectivity index (χ1v) is 4.97. The van der Waals surface area contributed by atoms with Gasteiger partial charge < -0.3 is 11.5 Å². The summed E-state index contributed by atoms with van der Waals surface area (Å²) in [5.74, 6) is -0.906. The van der Waals surface area contributed by atoms with Crippen molar-refractivity contribution >= 4 is 11.6 Å². The monoisotopic (exact) mass is 271 g/mol. The van der Waals surface area contributed by atoms with Gasteiger partial charge in [0.1, 0.15) is 5.69 Å². The van der Waals surface area contributed by atoms with Gasteiger partial charge in [-0.1, -0.05) is 0 Å². The second-order valence-electron chi connectivity index (χ2n) is 3.64. The number of primary amides is 1. The van der Waals surface area contributed by atoms with E-state index in [1.54, 1.807) is 0 Å². The highest BCUT2D eigenvalue weighted by Crippen LogP contribution is 2.29. The smallest absolute Gasteiger partial charge is 0.396 e. The second kappa shape index (κ2) is 4.26. The molecule has 0 fully saturated rings. The van der Waals surface area contributed by atoms with Crippen molar-refractivity contribution in [2.24, 2.45) is 5.73 Å². The summed E-state index contributed by atoms with van der Waals surface area (Å²) in [5, 5.41) is 3.52. The number of alkyl halides is 3. The van der Waals surface area contributed by atoms with Gasteiger partial charge in [-0.2, -0.15) is 18.3 Å². The van der Waals surface area contributed by atoms with Crippen LogP contribution in [0.2, 0.25) is 0 Å². The largest absolute Gasteiger partial charge is 0.419 e. The van der Waals surface area contributed by atoms with Gasteiger partial charge in [0, 0.05) is 6.20 Å². The number of pyridine rings is 1. The Balaban J connectivity index is 2.49. The maximum Gasteiger partial charge on any atom is 0.419 e. The molecule has 0 aliphatic carbocycles. The number of amides is 1. The van der Waals surface area contributed by atoms with Crippen molar-refractivity contribution in [3.63, 3.8) is 0 Å². The lowest BCUT2D eigenvalue weighted by Gasteiger charge is -2.06. The van der Waals surface area contributed by atoms with E-state index in [0.717, 1.165) is 10.9 Å². The van der Waals surface area contributed by atoms with Crippen molar-refractivity contribution in [2.45, 2.75) is 6.18 Å². The molecule has 2 aromatic rings. The zero-order chi connectivity index (χ0) is 14.2. The first-order valence-electron chi connectivity index (χ1n) is 4.97. The van der Waals surface area contributed by atoms with E-state index in [1.807, 2.05) is 0 Å². The molecule has 2 rings (SSSR count). The molecule has 0 unspecified atom stereocenters. The molecular formula is C10H8F3N5O. The number of hydrogen-bond donors (Lipinski definition) is 2. The average molecular weight is 271 g/mol. The fraction of sp³-hybridized carbons (Fsp3) is 0.100. The van der Waals surface area contributed by atoms with E-state index in [-0.39, 0.29) is 17.2 Å². The molecule has 19 heavy (non-hydrogen) atoms. The normalized spacial score (nSPS) is 11.5. The maximum absolute atomic E-state index is 12.4. The Morgan fingerprint density at radius 1 is 1.32 bits per heavy atom. The minimum Gasteiger partial charge on any atom is -0.396 e. The predicted molar refractivity (Wildman–Crippen MR) is 59.3 cm³/mol. The van der Waals surface area contributed by atoms with Crippen LogP contribution in [0.1, 0.15) is 16.1 Å². The molecule has 0 aliphatic rings. The molecule has 2 aromatic heterocycles. The summed E-state index contributed by atoms with van der Waals surface area (Å²) in [7, 11) is 0. The Kier molecular flexibility index (Phi) is 2.89. The van der Waals surface area contributed by atoms with E-state index in [4.69, 9.17) is 11.5 Å². The molecule has 0 bridgehead atoms. The minimum atomic E-state index is -4.52. The molecule has 0 atom stereocenters. The summed E-state index contributed by atoms with van der Waals surface area (Å²) < 4.78 is 38.2. The van der Waals surface area contributed by atoms with Gasteiger partial charge in [0.15, 0.2) is 5.82 Å². The Morgan fingerprint density at radius 3 is 2.53 bits per heavy atom. The van der Waals surface area contributed by atoms with Crippen LogP contribution < -0.4 is 11.5 Å². The summed E-state index contributed by atoms with van der Waals surface area (Å²) in [6, 6.07) is 2.59. The number of hydrogen-bond acceptors (Lipinski definition) is 4. The van der Waals surface area contributed by atoms with Crippen LogP contribution in [0.15, 0.2) is 24.5 Å². The van der Waals surface area contributed by atoms with Crippen LogP contribution in [0.4, 0.5) is 18.9 Å². The Bertz CT molecular complexity index is 634. The number of nitrogens with two attached hydrogens (primary N) is 2. The molecule has 4 N–H and O–H groups in total. The zero-order valence-electron chi connectivity index (χ0n) is 9.35. The van der Waals surface area contributed by atoms with E-state index >= 15 is 0 Å². The molecule has 100 valence electrons. The van der Waals surface area contributed by atoms with E-state index < -0.39 is 17.6 Å². The van der Waals surface area contributed by atoms with E-state index in [0.29, 0.717) is 6.20 Å². The van der Waals surface area contributed by atoms with Gasteiger partial charge in [-0.15, -0.1) is 0 Å². The van der Waals surface area contributed by atoms with Crippen LogP contribution in [0.3, 0.4) is 0 Å². The predicted octanol–water partition coefficient (Wildman–Crippen LogP) is 0.967. The van der Waals surface area contributed by atoms with E-state index in [2.05, 4.69) is 10.1 Å². The highest BCUT2D eigenvalue weighted by atomic mass is 19.4. The zero-order valence-corrected chi connectivity index (χ0v) is 9.35. The number of nitrogen functional groups attached to an aromatic ring is 1. The van der Waals surface area contributed by atoms with Crippen LogP contribution in [-0.4, -0.2) is 20.7 Å². The summed E-state index contributed by atoms with van der Waals surface area (Å²) >= 11 is 0. The lowest BCUT2D eigenvalue weighted by molar-refractivity contribution is -0.137. The summed E-state index contributed by atoms with van der Waals surface area (Å²) in [6.07, 6.45) is -3.16. The third-order valence-electron chi connectivity index (χ3n) is 2.28. The molecular weight excluding hydrogens is 263 g/mol. The number of anilines is 1. The number of aromatic nitrogens is 3. The molecule has 1 amide bonds. The molecule has 0 spiro atoms. The molecule has 2 heterocycles. The number of halogens is 3. The SMILES string of the molecule is NC(=O)c1ccc(N)c(-n2cc(C(F)(F)F)cn2)n1. The van der Waals surface area contributed by atoms with Crippen molar-refractivity contribution in [1.82, 2.24) is 14.8 Å². The van der Waals surface area contributed by atoms with Gasteiger partial charge in [0.25, 0.3) is 5.91 Å². The van der Waals surface area contributed by atoms with Gasteiger partial charge in [-0.25, -0.2) is 9.67 Å². The molecule has 9 heteroatoms. The standard InChI is InChI=1S/C10H8F3N5O/c11-10(12,13)5-3-16-18(4-5)9-6(14)1-2-7(17-9)8(15)19/h1-4H,14H2,(H2,15,19). The lowest BCUT2D eigenvalue weighted by Crippen LogP contribution is -2.15. The summed E-state index contributed by atoms with van der Waals surface area (Å²) in [5.41, 5.74) is 9.62. The highest BCUT2D eigenvalue weighted by Gasteiger charge is 2.32. The van der Waals surface area contributed by atoms with Crippen molar-refractivity contribution in [1.29, 1.82) is 0 Å². The Hall–Kier alpha value is -2.58. The summed E-state index contributed by atoms with van der Waals surface area (Å²) in [4.78, 5) is 14.7. The fourth-order valence-electron chi connectivity index (χ4n) is 1.36. The Morgan fingerprint density at radius 2 is 2.00 bits per heavy atom. The van der Waals surface area contributed by atoms with E-state index in [1.165, 1.54) is 12.1 Å². The molecule has 0 saturated heterocycles. The van der Waals surface area contributed by atoms with Crippen LogP contribution in [0, 0.1) is 0 Å². The molecule has 0 radical (unpaired) electrons. The van der Waals surface area contributed by atoms with Crippen LogP contribution in [0.5, 0.6) is 0 Å². The third-order valence-corrected chi connectivity index (χ3v) is 2.28. The van der Waals surface area contributed by atoms with Gasteiger partial charge >= 0.3 is 6.18 Å². The maximum atomic E-state index is 12.4. The fourth-order valence-corrected chi connectivity index (χ4v) is 1.36. The highest BCUT2D eigenvalue weighted by molar-refractivity contribution is 5.91. The average Bonchev–Trinajstić information content (AvgIpc) is 2.78. The lowest BCUT2D eigenvalue weighted by atomic mass is 10.3. The Labute approximate surface area is 104 Å². The quantitative estimate of drug-likeness (QED) is 0.849. The minimum absolute atomic E-state index is 0.0711. The second-order valence-corrected chi connectivity index (χ2v) is 3.64. The van der Waals surface area contributed by atoms with Crippen molar-refractivity contribution in [3.05, 3.63) is 35.8 Å². The van der Waals surface area contributed by atoms with Crippen molar-refractivity contribution < 1.29 is 18.0 Å². The van der Waals surface area contributed by atoms with Gasteiger partial charge in [-0.3, -0.25) is 4.79 Å². The number of nitrogens with zero attached hydrogens (tertiary/aromatic N) is 3. The van der Waals surface area contributed by atoms with Gasteiger partial charge in [-0.05, 0) is 12.1 Å². The third kappa shape index (κ3) is 2.49. The van der Waals surface area contributed by atoms with Gasteiger partial charge in [0.2, 0.25) is 0 Å². The number of rotatable bonds is 2. The molecule has 6 nitrogen and oxygen atoms in total. The van der Waals surface area contributed by atoms with E-state index in [9.17, 15) is 18.0 Å². The van der Waals surface area contributed by atoms with Crippen LogP contribution in [0.25, 0.3) is 5.82 Å². The number of carbonyl (C=O) groups is 1. The van der Waals surface area contributed by atoms with Gasteiger partial charge in [0.05, 0.1) is 17.4 Å². The molecule has 0 aliphatic heterocycles. The van der Waals surface area contributed by atoms with Crippen molar-refractivity contribution in [3.8, 4) is 5.82 Å². The summed E-state index contributed by atoms with van der Waals surface area (Å²) in [6.45, 7) is 0. The first-order chi connectivity index (χ1) is 8.79.